The first-order chi connectivity index (χ1) is 14.5. The molecule has 0 bridgehead atoms. The molecule has 1 aliphatic carbocycles. The van der Waals surface area contributed by atoms with Crippen molar-refractivity contribution in [2.24, 2.45) is 17.8 Å². The van der Waals surface area contributed by atoms with Crippen molar-refractivity contribution < 1.29 is 27.9 Å². The molecule has 0 spiro atoms. The van der Waals surface area contributed by atoms with E-state index in [0.29, 0.717) is 25.7 Å². The van der Waals surface area contributed by atoms with Gasteiger partial charge in [-0.25, -0.2) is 13.2 Å². The maximum atomic E-state index is 12.7. The fraction of sp³-hybridized carbons (Fsp3) is 0.833. The summed E-state index contributed by atoms with van der Waals surface area (Å²) in [6.07, 6.45) is 14.8. The van der Waals surface area contributed by atoms with Crippen LogP contribution in [-0.2, 0) is 24.2 Å². The van der Waals surface area contributed by atoms with Crippen LogP contribution >= 0.6 is 0 Å². The first-order valence-corrected chi connectivity index (χ1v) is 13.8. The van der Waals surface area contributed by atoms with Crippen molar-refractivity contribution in [3.8, 4) is 0 Å². The number of methoxy groups -OCH3 is 1. The maximum absolute atomic E-state index is 12.7. The Labute approximate surface area is 188 Å². The molecule has 0 heterocycles. The van der Waals surface area contributed by atoms with Gasteiger partial charge in [0.15, 0.2) is 5.60 Å². The minimum Gasteiger partial charge on any atom is -0.467 e. The van der Waals surface area contributed by atoms with Crippen molar-refractivity contribution >= 4 is 21.6 Å². The van der Waals surface area contributed by atoms with Crippen molar-refractivity contribution in [2.75, 3.05) is 19.1 Å². The van der Waals surface area contributed by atoms with Crippen LogP contribution in [-0.4, -0.2) is 50.0 Å². The Hall–Kier alpha value is -1.21. The average molecular weight is 459 g/mol. The van der Waals surface area contributed by atoms with E-state index in [2.05, 4.69) is 23.8 Å². The van der Waals surface area contributed by atoms with Gasteiger partial charge in [-0.15, -0.1) is 0 Å². The third-order valence-electron chi connectivity index (χ3n) is 6.29. The van der Waals surface area contributed by atoms with Gasteiger partial charge in [0.25, 0.3) is 0 Å². The number of ketones is 1. The molecule has 1 unspecified atom stereocenters. The van der Waals surface area contributed by atoms with Gasteiger partial charge in [0.05, 0.1) is 12.9 Å². The molecule has 0 aliphatic heterocycles. The standard InChI is InChI=1S/C24H42O6S/c1-5-6-7-8-9-11-14-20-19(18-31(4,28)29)17-22(25)21(20)15-12-10-13-16-24(2,27)23(26)30-3/h11,14,19-21,27H,5-10,12-13,15-18H2,1-4H3/t19-,20-,21+,24?/m0/s1. The molecular weight excluding hydrogens is 416 g/mol. The molecule has 180 valence electrons. The van der Waals surface area contributed by atoms with E-state index in [4.69, 9.17) is 0 Å². The highest BCUT2D eigenvalue weighted by Gasteiger charge is 2.41. The van der Waals surface area contributed by atoms with Crippen LogP contribution in [0, 0.1) is 17.8 Å². The lowest BCUT2D eigenvalue weighted by Crippen LogP contribution is -2.36. The molecule has 0 aromatic rings. The molecule has 1 fully saturated rings. The Balaban J connectivity index is 2.64. The molecule has 4 atom stereocenters. The number of aliphatic hydroxyl groups is 1. The Bertz CT molecular complexity index is 695. The summed E-state index contributed by atoms with van der Waals surface area (Å²) in [5.74, 6) is -0.713. The fourth-order valence-corrected chi connectivity index (χ4v) is 5.68. The number of rotatable bonds is 15. The molecule has 1 aliphatic rings. The van der Waals surface area contributed by atoms with Gasteiger partial charge in [-0.2, -0.15) is 0 Å². The minimum atomic E-state index is -3.14. The summed E-state index contributed by atoms with van der Waals surface area (Å²) in [4.78, 5) is 24.2. The van der Waals surface area contributed by atoms with Crippen molar-refractivity contribution in [1.82, 2.24) is 0 Å². The van der Waals surface area contributed by atoms with Crippen LogP contribution in [0.25, 0.3) is 0 Å². The summed E-state index contributed by atoms with van der Waals surface area (Å²) in [5.41, 5.74) is -1.48. The number of Topliss-reactive ketones (excluding diaryl/α,β-unsaturated/α-hetero) is 1. The molecule has 31 heavy (non-hydrogen) atoms. The molecule has 1 rings (SSSR count). The highest BCUT2D eigenvalue weighted by atomic mass is 32.2. The number of carbonyl (C=O) groups is 2. The van der Waals surface area contributed by atoms with E-state index >= 15 is 0 Å². The van der Waals surface area contributed by atoms with Crippen LogP contribution in [0.15, 0.2) is 12.2 Å². The summed E-state index contributed by atoms with van der Waals surface area (Å²) in [5, 5.41) is 10.1. The zero-order chi connectivity index (χ0) is 23.5. The van der Waals surface area contributed by atoms with E-state index in [-0.39, 0.29) is 29.3 Å². The smallest absolute Gasteiger partial charge is 0.337 e. The predicted octanol–water partition coefficient (Wildman–Crippen LogP) is 4.25. The fourth-order valence-electron chi connectivity index (χ4n) is 4.57. The Morgan fingerprint density at radius 1 is 1.19 bits per heavy atom. The van der Waals surface area contributed by atoms with Crippen molar-refractivity contribution in [2.45, 2.75) is 90.1 Å². The Morgan fingerprint density at radius 2 is 1.87 bits per heavy atom. The van der Waals surface area contributed by atoms with Crippen LogP contribution in [0.1, 0.15) is 84.5 Å². The molecule has 0 aromatic heterocycles. The lowest BCUT2D eigenvalue weighted by atomic mass is 9.85. The molecule has 1 N–H and O–H groups in total. The minimum absolute atomic E-state index is 0.0217. The molecule has 1 saturated carbocycles. The van der Waals surface area contributed by atoms with E-state index in [9.17, 15) is 23.1 Å². The number of allylic oxidation sites excluding steroid dienone is 2. The van der Waals surface area contributed by atoms with Gasteiger partial charge in [-0.05, 0) is 50.9 Å². The largest absolute Gasteiger partial charge is 0.467 e. The summed E-state index contributed by atoms with van der Waals surface area (Å²) < 4.78 is 28.4. The first-order valence-electron chi connectivity index (χ1n) is 11.7. The van der Waals surface area contributed by atoms with Crippen molar-refractivity contribution in [3.05, 3.63) is 12.2 Å². The Morgan fingerprint density at radius 3 is 2.48 bits per heavy atom. The molecule has 0 amide bonds. The predicted molar refractivity (Wildman–Crippen MR) is 123 cm³/mol. The topological polar surface area (TPSA) is 97.7 Å². The van der Waals surface area contributed by atoms with Crippen LogP contribution in [0.2, 0.25) is 0 Å². The molecule has 0 radical (unpaired) electrons. The molecule has 7 heteroatoms. The number of hydrogen-bond donors (Lipinski definition) is 1. The zero-order valence-corrected chi connectivity index (χ0v) is 20.6. The lowest BCUT2D eigenvalue weighted by molar-refractivity contribution is -0.161. The van der Waals surface area contributed by atoms with Gasteiger partial charge in [0.1, 0.15) is 15.6 Å². The van der Waals surface area contributed by atoms with E-state index in [1.54, 1.807) is 0 Å². The molecule has 0 aromatic carbocycles. The van der Waals surface area contributed by atoms with Gasteiger partial charge in [0, 0.05) is 18.6 Å². The average Bonchev–Trinajstić information content (AvgIpc) is 2.96. The second-order valence-electron chi connectivity index (χ2n) is 9.35. The quantitative estimate of drug-likeness (QED) is 0.224. The van der Waals surface area contributed by atoms with Crippen molar-refractivity contribution in [3.63, 3.8) is 0 Å². The number of unbranched alkanes of at least 4 members (excludes halogenated alkanes) is 6. The van der Waals surface area contributed by atoms with Crippen molar-refractivity contribution in [1.29, 1.82) is 0 Å². The first kappa shape index (κ1) is 27.8. The second kappa shape index (κ2) is 13.4. The van der Waals surface area contributed by atoms with E-state index in [1.807, 2.05) is 0 Å². The van der Waals surface area contributed by atoms with Gasteiger partial charge < -0.3 is 9.84 Å². The van der Waals surface area contributed by atoms with E-state index in [1.165, 1.54) is 39.6 Å². The molecular formula is C24H42O6S. The Kier molecular flexibility index (Phi) is 12.0. The van der Waals surface area contributed by atoms with E-state index in [0.717, 1.165) is 25.7 Å². The van der Waals surface area contributed by atoms with Crippen LogP contribution in [0.5, 0.6) is 0 Å². The zero-order valence-electron chi connectivity index (χ0n) is 19.8. The monoisotopic (exact) mass is 458 g/mol. The summed E-state index contributed by atoms with van der Waals surface area (Å²) in [6, 6.07) is 0. The normalized spacial score (nSPS) is 23.9. The summed E-state index contributed by atoms with van der Waals surface area (Å²) >= 11 is 0. The highest BCUT2D eigenvalue weighted by Crippen LogP contribution is 2.39. The van der Waals surface area contributed by atoms with E-state index < -0.39 is 21.4 Å². The van der Waals surface area contributed by atoms with Gasteiger partial charge >= 0.3 is 5.97 Å². The number of hydrogen-bond acceptors (Lipinski definition) is 6. The molecule has 6 nitrogen and oxygen atoms in total. The number of carbonyl (C=O) groups excluding carboxylic acids is 2. The van der Waals surface area contributed by atoms with Gasteiger partial charge in [0.2, 0.25) is 0 Å². The number of ether oxygens (including phenoxy) is 1. The SMILES string of the molecule is CCCCCCC=C[C@H]1[C@H](CS(C)(=O)=O)CC(=O)[C@@H]1CCCCCC(C)(O)C(=O)OC. The number of esters is 1. The summed E-state index contributed by atoms with van der Waals surface area (Å²) in [7, 11) is -1.89. The van der Waals surface area contributed by atoms with Crippen LogP contribution in [0.3, 0.4) is 0 Å². The van der Waals surface area contributed by atoms with Gasteiger partial charge in [-0.1, -0.05) is 51.2 Å². The summed E-state index contributed by atoms with van der Waals surface area (Å²) in [6.45, 7) is 3.63. The van der Waals surface area contributed by atoms with Crippen LogP contribution in [0.4, 0.5) is 0 Å². The van der Waals surface area contributed by atoms with Gasteiger partial charge in [-0.3, -0.25) is 4.79 Å². The maximum Gasteiger partial charge on any atom is 0.337 e. The third kappa shape index (κ3) is 10.3. The number of sulfone groups is 1. The van der Waals surface area contributed by atoms with Crippen LogP contribution < -0.4 is 0 Å². The highest BCUT2D eigenvalue weighted by molar-refractivity contribution is 7.90. The third-order valence-corrected chi connectivity index (χ3v) is 7.32. The lowest BCUT2D eigenvalue weighted by Gasteiger charge is -2.21. The molecule has 0 saturated heterocycles. The second-order valence-corrected chi connectivity index (χ2v) is 11.5.